The standard InChI is InChI=1S/C19H32N4/c1-4-20-19(21-12-10-16(2)3)22-14-17-11-13-23(15-17)18-8-6-5-7-9-18/h5-9,16-17H,4,10-15H2,1-3H3,(H2,20,21,22). The molecule has 1 saturated heterocycles. The maximum absolute atomic E-state index is 4.79. The van der Waals surface area contributed by atoms with Gasteiger partial charge in [0.15, 0.2) is 5.96 Å². The van der Waals surface area contributed by atoms with Gasteiger partial charge in [-0.15, -0.1) is 0 Å². The molecular formula is C19H32N4. The zero-order valence-corrected chi connectivity index (χ0v) is 14.9. The van der Waals surface area contributed by atoms with Crippen LogP contribution in [0, 0.1) is 11.8 Å². The molecule has 0 saturated carbocycles. The first-order chi connectivity index (χ1) is 11.2. The monoisotopic (exact) mass is 316 g/mol. The van der Waals surface area contributed by atoms with Crippen molar-refractivity contribution in [1.29, 1.82) is 0 Å². The van der Waals surface area contributed by atoms with Gasteiger partial charge in [-0.05, 0) is 43.7 Å². The van der Waals surface area contributed by atoms with E-state index in [0.29, 0.717) is 5.92 Å². The number of hydrogen-bond acceptors (Lipinski definition) is 2. The fourth-order valence-electron chi connectivity index (χ4n) is 2.90. The fraction of sp³-hybridized carbons (Fsp3) is 0.632. The van der Waals surface area contributed by atoms with Crippen molar-refractivity contribution < 1.29 is 0 Å². The third-order valence-electron chi connectivity index (χ3n) is 4.27. The highest BCUT2D eigenvalue weighted by atomic mass is 15.2. The first-order valence-electron chi connectivity index (χ1n) is 9.01. The lowest BCUT2D eigenvalue weighted by Crippen LogP contribution is -2.38. The summed E-state index contributed by atoms with van der Waals surface area (Å²) in [7, 11) is 0. The molecule has 1 aliphatic rings. The largest absolute Gasteiger partial charge is 0.371 e. The minimum absolute atomic E-state index is 0.649. The molecule has 0 bridgehead atoms. The van der Waals surface area contributed by atoms with Crippen molar-refractivity contribution in [2.45, 2.75) is 33.6 Å². The van der Waals surface area contributed by atoms with Gasteiger partial charge in [0, 0.05) is 38.4 Å². The number of para-hydroxylation sites is 1. The quantitative estimate of drug-likeness (QED) is 0.600. The Balaban J connectivity index is 1.80. The Morgan fingerprint density at radius 1 is 1.26 bits per heavy atom. The van der Waals surface area contributed by atoms with Crippen molar-refractivity contribution in [3.8, 4) is 0 Å². The summed E-state index contributed by atoms with van der Waals surface area (Å²) in [5.74, 6) is 2.33. The van der Waals surface area contributed by atoms with Crippen LogP contribution in [-0.2, 0) is 0 Å². The summed E-state index contributed by atoms with van der Waals surface area (Å²) >= 11 is 0. The van der Waals surface area contributed by atoms with Crippen molar-refractivity contribution in [2.75, 3.05) is 37.6 Å². The summed E-state index contributed by atoms with van der Waals surface area (Å²) in [6, 6.07) is 10.7. The van der Waals surface area contributed by atoms with Gasteiger partial charge in [0.05, 0.1) is 0 Å². The van der Waals surface area contributed by atoms with Gasteiger partial charge >= 0.3 is 0 Å². The summed E-state index contributed by atoms with van der Waals surface area (Å²) in [5.41, 5.74) is 1.33. The van der Waals surface area contributed by atoms with Crippen LogP contribution in [0.15, 0.2) is 35.3 Å². The molecular weight excluding hydrogens is 284 g/mol. The van der Waals surface area contributed by atoms with E-state index in [-0.39, 0.29) is 0 Å². The van der Waals surface area contributed by atoms with Crippen molar-refractivity contribution in [3.05, 3.63) is 30.3 Å². The van der Waals surface area contributed by atoms with Crippen molar-refractivity contribution >= 4 is 11.6 Å². The van der Waals surface area contributed by atoms with E-state index in [1.165, 1.54) is 18.5 Å². The highest BCUT2D eigenvalue weighted by Crippen LogP contribution is 2.23. The van der Waals surface area contributed by atoms with Crippen LogP contribution in [0.4, 0.5) is 5.69 Å². The zero-order valence-electron chi connectivity index (χ0n) is 14.9. The SMILES string of the molecule is CCNC(=NCC1CCN(c2ccccc2)C1)NCCC(C)C. The Hall–Kier alpha value is -1.71. The van der Waals surface area contributed by atoms with Crippen molar-refractivity contribution in [3.63, 3.8) is 0 Å². The molecule has 0 radical (unpaired) electrons. The van der Waals surface area contributed by atoms with E-state index < -0.39 is 0 Å². The minimum atomic E-state index is 0.649. The number of guanidine groups is 1. The number of benzene rings is 1. The molecule has 128 valence electrons. The topological polar surface area (TPSA) is 39.7 Å². The van der Waals surface area contributed by atoms with Crippen LogP contribution in [0.3, 0.4) is 0 Å². The van der Waals surface area contributed by atoms with Crippen LogP contribution in [0.25, 0.3) is 0 Å². The van der Waals surface area contributed by atoms with Gasteiger partial charge in [0.2, 0.25) is 0 Å². The average molecular weight is 316 g/mol. The van der Waals surface area contributed by atoms with Crippen LogP contribution in [0.1, 0.15) is 33.6 Å². The van der Waals surface area contributed by atoms with Gasteiger partial charge in [-0.2, -0.15) is 0 Å². The van der Waals surface area contributed by atoms with Crippen LogP contribution in [-0.4, -0.2) is 38.7 Å². The van der Waals surface area contributed by atoms with E-state index in [1.54, 1.807) is 0 Å². The van der Waals surface area contributed by atoms with E-state index in [9.17, 15) is 0 Å². The normalized spacial score (nSPS) is 18.5. The summed E-state index contributed by atoms with van der Waals surface area (Å²) in [6.07, 6.45) is 2.40. The van der Waals surface area contributed by atoms with E-state index >= 15 is 0 Å². The van der Waals surface area contributed by atoms with E-state index in [1.807, 2.05) is 0 Å². The van der Waals surface area contributed by atoms with Gasteiger partial charge in [0.25, 0.3) is 0 Å². The average Bonchev–Trinajstić information content (AvgIpc) is 3.02. The van der Waals surface area contributed by atoms with Gasteiger partial charge in [0.1, 0.15) is 0 Å². The first-order valence-corrected chi connectivity index (χ1v) is 9.01. The molecule has 1 unspecified atom stereocenters. The molecule has 2 rings (SSSR count). The second-order valence-electron chi connectivity index (χ2n) is 6.77. The highest BCUT2D eigenvalue weighted by molar-refractivity contribution is 5.79. The molecule has 0 amide bonds. The predicted molar refractivity (Wildman–Crippen MR) is 100 cm³/mol. The lowest BCUT2D eigenvalue weighted by atomic mass is 10.1. The maximum atomic E-state index is 4.79. The van der Waals surface area contributed by atoms with Crippen molar-refractivity contribution in [2.24, 2.45) is 16.8 Å². The lowest BCUT2D eigenvalue weighted by Gasteiger charge is -2.18. The first kappa shape index (κ1) is 17.6. The van der Waals surface area contributed by atoms with Crippen LogP contribution >= 0.6 is 0 Å². The Bertz CT molecular complexity index is 470. The molecule has 2 N–H and O–H groups in total. The van der Waals surface area contributed by atoms with E-state index in [2.05, 4.69) is 66.6 Å². The number of rotatable bonds is 7. The smallest absolute Gasteiger partial charge is 0.191 e. The third-order valence-corrected chi connectivity index (χ3v) is 4.27. The van der Waals surface area contributed by atoms with E-state index in [0.717, 1.165) is 44.6 Å². The number of anilines is 1. The minimum Gasteiger partial charge on any atom is -0.371 e. The zero-order chi connectivity index (χ0) is 16.5. The molecule has 0 aromatic heterocycles. The van der Waals surface area contributed by atoms with Crippen molar-refractivity contribution in [1.82, 2.24) is 10.6 Å². The molecule has 1 atom stereocenters. The van der Waals surface area contributed by atoms with Crippen LogP contribution < -0.4 is 15.5 Å². The molecule has 1 aliphatic heterocycles. The van der Waals surface area contributed by atoms with Gasteiger partial charge < -0.3 is 15.5 Å². The lowest BCUT2D eigenvalue weighted by molar-refractivity contribution is 0.568. The number of nitrogens with one attached hydrogen (secondary N) is 2. The predicted octanol–water partition coefficient (Wildman–Crippen LogP) is 3.11. The van der Waals surface area contributed by atoms with Gasteiger partial charge in [-0.3, -0.25) is 4.99 Å². The second-order valence-corrected chi connectivity index (χ2v) is 6.77. The fourth-order valence-corrected chi connectivity index (χ4v) is 2.90. The Labute approximate surface area is 141 Å². The van der Waals surface area contributed by atoms with Crippen LogP contribution in [0.2, 0.25) is 0 Å². The molecule has 4 heteroatoms. The summed E-state index contributed by atoms with van der Waals surface area (Å²) in [4.78, 5) is 7.26. The summed E-state index contributed by atoms with van der Waals surface area (Å²) in [6.45, 7) is 11.7. The molecule has 23 heavy (non-hydrogen) atoms. The molecule has 1 aromatic rings. The number of hydrogen-bond donors (Lipinski definition) is 2. The summed E-state index contributed by atoms with van der Waals surface area (Å²) < 4.78 is 0. The second kappa shape index (κ2) is 9.43. The highest BCUT2D eigenvalue weighted by Gasteiger charge is 2.22. The number of aliphatic imine (C=N–C) groups is 1. The maximum Gasteiger partial charge on any atom is 0.191 e. The molecule has 0 aliphatic carbocycles. The Kier molecular flexibility index (Phi) is 7.24. The van der Waals surface area contributed by atoms with Crippen LogP contribution in [0.5, 0.6) is 0 Å². The third kappa shape index (κ3) is 6.12. The van der Waals surface area contributed by atoms with Gasteiger partial charge in [-0.1, -0.05) is 32.0 Å². The Morgan fingerprint density at radius 2 is 2.04 bits per heavy atom. The molecule has 1 heterocycles. The van der Waals surface area contributed by atoms with E-state index in [4.69, 9.17) is 4.99 Å². The molecule has 4 nitrogen and oxygen atoms in total. The summed E-state index contributed by atoms with van der Waals surface area (Å²) in [5, 5.41) is 6.79. The Morgan fingerprint density at radius 3 is 2.74 bits per heavy atom. The molecule has 0 spiro atoms. The van der Waals surface area contributed by atoms with Gasteiger partial charge in [-0.25, -0.2) is 0 Å². The molecule has 1 fully saturated rings. The number of nitrogens with zero attached hydrogens (tertiary/aromatic N) is 2. The molecule has 1 aromatic carbocycles.